The monoisotopic (exact) mass is 382 g/mol. The van der Waals surface area contributed by atoms with Crippen LogP contribution >= 0.6 is 0 Å². The molecule has 0 saturated carbocycles. The largest absolute Gasteiger partial charge is 0.497 e. The Morgan fingerprint density at radius 2 is 1.86 bits per heavy atom. The molecule has 1 aromatic carbocycles. The molecule has 0 bridgehead atoms. The van der Waals surface area contributed by atoms with Crippen molar-refractivity contribution in [3.63, 3.8) is 0 Å². The lowest BCUT2D eigenvalue weighted by Gasteiger charge is -2.18. The van der Waals surface area contributed by atoms with E-state index in [1.165, 1.54) is 30.9 Å². The summed E-state index contributed by atoms with van der Waals surface area (Å²) in [7, 11) is 4.53. The van der Waals surface area contributed by atoms with E-state index in [2.05, 4.69) is 10.3 Å². The van der Waals surface area contributed by atoms with Crippen LogP contribution in [0.25, 0.3) is 11.0 Å². The van der Waals surface area contributed by atoms with Gasteiger partial charge in [0.1, 0.15) is 11.4 Å². The molecule has 1 amide bonds. The molecule has 0 radical (unpaired) electrons. The number of nitrogens with zero attached hydrogens (tertiary/aromatic N) is 3. The molecule has 2 aromatic heterocycles. The molecule has 3 aromatic rings. The van der Waals surface area contributed by atoms with Crippen LogP contribution in [0.3, 0.4) is 0 Å². The number of hydrogen-bond acceptors (Lipinski definition) is 5. The molecule has 3 rings (SSSR count). The van der Waals surface area contributed by atoms with Crippen molar-refractivity contribution in [3.05, 3.63) is 68.5 Å². The number of pyridine rings is 1. The van der Waals surface area contributed by atoms with Crippen LogP contribution in [-0.4, -0.2) is 27.1 Å². The zero-order valence-electron chi connectivity index (χ0n) is 16.2. The lowest BCUT2D eigenvalue weighted by Crippen LogP contribution is -2.37. The van der Waals surface area contributed by atoms with Crippen LogP contribution in [-0.2, 0) is 14.1 Å². The highest BCUT2D eigenvalue weighted by atomic mass is 16.5. The van der Waals surface area contributed by atoms with E-state index in [-0.39, 0.29) is 28.5 Å². The number of fused-ring (bicyclic) bond motifs is 1. The Balaban J connectivity index is 1.94. The number of aromatic nitrogens is 3. The van der Waals surface area contributed by atoms with E-state index < -0.39 is 11.2 Å². The molecular formula is C20H22N4O4. The molecule has 0 unspecified atom stereocenters. The zero-order valence-corrected chi connectivity index (χ0v) is 16.2. The van der Waals surface area contributed by atoms with Crippen molar-refractivity contribution in [2.75, 3.05) is 7.11 Å². The summed E-state index contributed by atoms with van der Waals surface area (Å²) in [5.74, 6) is 0.401. The summed E-state index contributed by atoms with van der Waals surface area (Å²) in [6, 6.07) is 8.75. The Hall–Kier alpha value is -3.42. The lowest BCUT2D eigenvalue weighted by molar-refractivity contribution is 0.0935. The summed E-state index contributed by atoms with van der Waals surface area (Å²) in [6.45, 7) is 1.97. The zero-order chi connectivity index (χ0) is 20.4. The minimum Gasteiger partial charge on any atom is -0.497 e. The quantitative estimate of drug-likeness (QED) is 0.722. The Kier molecular flexibility index (Phi) is 5.30. The maximum absolute atomic E-state index is 12.7. The number of hydrogen-bond donors (Lipinski definition) is 1. The van der Waals surface area contributed by atoms with Gasteiger partial charge in [-0.05, 0) is 30.2 Å². The van der Waals surface area contributed by atoms with E-state index in [0.717, 1.165) is 15.9 Å². The number of methoxy groups -OCH3 is 1. The molecule has 28 heavy (non-hydrogen) atoms. The minimum atomic E-state index is -0.484. The lowest BCUT2D eigenvalue weighted by atomic mass is 10.0. The van der Waals surface area contributed by atoms with Crippen LogP contribution in [0.15, 0.2) is 46.1 Å². The van der Waals surface area contributed by atoms with Crippen molar-refractivity contribution in [2.45, 2.75) is 19.4 Å². The van der Waals surface area contributed by atoms with Gasteiger partial charge in [-0.1, -0.05) is 19.1 Å². The van der Waals surface area contributed by atoms with Gasteiger partial charge >= 0.3 is 5.69 Å². The first-order chi connectivity index (χ1) is 13.4. The Morgan fingerprint density at radius 3 is 2.46 bits per heavy atom. The highest BCUT2D eigenvalue weighted by Crippen LogP contribution is 2.20. The number of rotatable bonds is 5. The SMILES string of the molecule is CC[C@@H](NC(=O)c1cnc2c(c1)c(=O)n(C)c(=O)n2C)c1ccc(OC)cc1. The predicted octanol–water partition coefficient (Wildman–Crippen LogP) is 1.52. The van der Waals surface area contributed by atoms with Gasteiger partial charge in [-0.2, -0.15) is 0 Å². The second kappa shape index (κ2) is 7.67. The van der Waals surface area contributed by atoms with Gasteiger partial charge in [-0.25, -0.2) is 9.78 Å². The molecule has 0 saturated heterocycles. The highest BCUT2D eigenvalue weighted by molar-refractivity contribution is 5.96. The van der Waals surface area contributed by atoms with Crippen molar-refractivity contribution in [3.8, 4) is 5.75 Å². The van der Waals surface area contributed by atoms with Crippen molar-refractivity contribution < 1.29 is 9.53 Å². The maximum atomic E-state index is 12.7. The second-order valence-corrected chi connectivity index (χ2v) is 6.51. The molecule has 146 valence electrons. The molecule has 0 aliphatic heterocycles. The van der Waals surface area contributed by atoms with Gasteiger partial charge in [0.05, 0.1) is 24.1 Å². The van der Waals surface area contributed by atoms with E-state index in [1.807, 2.05) is 31.2 Å². The number of aryl methyl sites for hydroxylation is 1. The molecule has 2 heterocycles. The van der Waals surface area contributed by atoms with Gasteiger partial charge in [-0.3, -0.25) is 18.7 Å². The average Bonchev–Trinajstić information content (AvgIpc) is 2.74. The van der Waals surface area contributed by atoms with Crippen LogP contribution in [0.5, 0.6) is 5.75 Å². The highest BCUT2D eigenvalue weighted by Gasteiger charge is 2.17. The topological polar surface area (TPSA) is 95.2 Å². The first-order valence-electron chi connectivity index (χ1n) is 8.88. The van der Waals surface area contributed by atoms with Crippen molar-refractivity contribution in [1.29, 1.82) is 0 Å². The van der Waals surface area contributed by atoms with Gasteiger partial charge in [0.25, 0.3) is 11.5 Å². The Labute approximate surface area is 161 Å². The summed E-state index contributed by atoms with van der Waals surface area (Å²) >= 11 is 0. The molecule has 0 aliphatic rings. The standard InChI is InChI=1S/C20H22N4O4/c1-5-16(12-6-8-14(28-4)9-7-12)22-18(25)13-10-15-17(21-11-13)23(2)20(27)24(3)19(15)26/h6-11,16H,5H2,1-4H3,(H,22,25)/t16-/m1/s1. The average molecular weight is 382 g/mol. The third-order valence-electron chi connectivity index (χ3n) is 4.79. The van der Waals surface area contributed by atoms with Gasteiger partial charge in [0.2, 0.25) is 0 Å². The van der Waals surface area contributed by atoms with Crippen molar-refractivity contribution in [2.24, 2.45) is 14.1 Å². The van der Waals surface area contributed by atoms with Gasteiger partial charge in [0, 0.05) is 20.3 Å². The number of amides is 1. The molecular weight excluding hydrogens is 360 g/mol. The van der Waals surface area contributed by atoms with Gasteiger partial charge < -0.3 is 10.1 Å². The fraction of sp³-hybridized carbons (Fsp3) is 0.300. The van der Waals surface area contributed by atoms with Crippen LogP contribution in [0.1, 0.15) is 35.3 Å². The molecule has 8 heteroatoms. The first-order valence-corrected chi connectivity index (χ1v) is 8.88. The van der Waals surface area contributed by atoms with Crippen molar-refractivity contribution >= 4 is 16.9 Å². The smallest absolute Gasteiger partial charge is 0.332 e. The number of nitrogens with one attached hydrogen (secondary N) is 1. The molecule has 0 aliphatic carbocycles. The summed E-state index contributed by atoms with van der Waals surface area (Å²) in [4.78, 5) is 41.3. The van der Waals surface area contributed by atoms with Crippen LogP contribution in [0.2, 0.25) is 0 Å². The van der Waals surface area contributed by atoms with Crippen molar-refractivity contribution in [1.82, 2.24) is 19.4 Å². The summed E-state index contributed by atoms with van der Waals surface area (Å²) < 4.78 is 7.44. The maximum Gasteiger partial charge on any atom is 0.332 e. The molecule has 0 spiro atoms. The molecule has 8 nitrogen and oxygen atoms in total. The molecule has 0 fully saturated rings. The number of carbonyl (C=O) groups is 1. The van der Waals surface area contributed by atoms with Gasteiger partial charge in [0.15, 0.2) is 0 Å². The van der Waals surface area contributed by atoms with Crippen LogP contribution < -0.4 is 21.3 Å². The van der Waals surface area contributed by atoms with Crippen LogP contribution in [0.4, 0.5) is 0 Å². The fourth-order valence-electron chi connectivity index (χ4n) is 3.09. The normalized spacial score (nSPS) is 12.0. The summed E-state index contributed by atoms with van der Waals surface area (Å²) in [5.41, 5.74) is 0.501. The Bertz CT molecular complexity index is 1150. The summed E-state index contributed by atoms with van der Waals surface area (Å²) in [5, 5.41) is 3.18. The van der Waals surface area contributed by atoms with Crippen LogP contribution in [0, 0.1) is 0 Å². The van der Waals surface area contributed by atoms with E-state index in [4.69, 9.17) is 4.74 Å². The number of benzene rings is 1. The number of ether oxygens (including phenoxy) is 1. The summed E-state index contributed by atoms with van der Waals surface area (Å²) in [6.07, 6.45) is 2.06. The minimum absolute atomic E-state index is 0.197. The number of carbonyl (C=O) groups excluding carboxylic acids is 1. The predicted molar refractivity (Wildman–Crippen MR) is 106 cm³/mol. The Morgan fingerprint density at radius 1 is 1.18 bits per heavy atom. The van der Waals surface area contributed by atoms with E-state index in [0.29, 0.717) is 6.42 Å². The fourth-order valence-corrected chi connectivity index (χ4v) is 3.09. The second-order valence-electron chi connectivity index (χ2n) is 6.51. The first kappa shape index (κ1) is 19.3. The molecule has 1 N–H and O–H groups in total. The van der Waals surface area contributed by atoms with E-state index in [1.54, 1.807) is 7.11 Å². The van der Waals surface area contributed by atoms with E-state index >= 15 is 0 Å². The third kappa shape index (κ3) is 3.40. The van der Waals surface area contributed by atoms with E-state index in [9.17, 15) is 14.4 Å². The molecule has 1 atom stereocenters. The third-order valence-corrected chi connectivity index (χ3v) is 4.79. The van der Waals surface area contributed by atoms with Gasteiger partial charge in [-0.15, -0.1) is 0 Å².